The Morgan fingerprint density at radius 3 is 2.67 bits per heavy atom. The standard InChI is InChI=1S/C11H16ClN3O2S/c1-2-11(4-3-5-11)15-18(16,17)8-6-9(12)10(13)14-7-8/h6-7,15H,2-5H2,1H3,(H2,13,14). The molecule has 1 fully saturated rings. The highest BCUT2D eigenvalue weighted by atomic mass is 35.5. The highest BCUT2D eigenvalue weighted by molar-refractivity contribution is 7.89. The summed E-state index contributed by atoms with van der Waals surface area (Å²) in [7, 11) is -3.58. The Bertz CT molecular complexity index is 550. The average Bonchev–Trinajstić information content (AvgIpc) is 2.27. The number of hydrogen-bond acceptors (Lipinski definition) is 4. The molecule has 0 radical (unpaired) electrons. The second-order valence-corrected chi connectivity index (χ2v) is 6.72. The topological polar surface area (TPSA) is 85.1 Å². The summed E-state index contributed by atoms with van der Waals surface area (Å²) in [5, 5.41) is 0.150. The van der Waals surface area contributed by atoms with E-state index in [0.717, 1.165) is 25.7 Å². The molecule has 1 saturated carbocycles. The number of nitrogen functional groups attached to an aromatic ring is 1. The number of aromatic nitrogens is 1. The molecular weight excluding hydrogens is 274 g/mol. The van der Waals surface area contributed by atoms with Crippen LogP contribution in [0.15, 0.2) is 17.2 Å². The van der Waals surface area contributed by atoms with E-state index in [4.69, 9.17) is 17.3 Å². The number of pyridine rings is 1. The minimum Gasteiger partial charge on any atom is -0.382 e. The first-order valence-electron chi connectivity index (χ1n) is 5.83. The molecule has 2 rings (SSSR count). The van der Waals surface area contributed by atoms with Crippen LogP contribution in [0, 0.1) is 0 Å². The second kappa shape index (κ2) is 4.68. The van der Waals surface area contributed by atoms with Gasteiger partial charge in [0.15, 0.2) is 0 Å². The first-order valence-corrected chi connectivity index (χ1v) is 7.70. The van der Waals surface area contributed by atoms with Gasteiger partial charge in [0.25, 0.3) is 0 Å². The molecule has 0 bridgehead atoms. The van der Waals surface area contributed by atoms with E-state index in [2.05, 4.69) is 9.71 Å². The van der Waals surface area contributed by atoms with Gasteiger partial charge in [-0.15, -0.1) is 0 Å². The predicted molar refractivity (Wildman–Crippen MR) is 70.9 cm³/mol. The van der Waals surface area contributed by atoms with Gasteiger partial charge in [-0.25, -0.2) is 18.1 Å². The molecule has 0 spiro atoms. The lowest BCUT2D eigenvalue weighted by atomic mass is 9.76. The van der Waals surface area contributed by atoms with E-state index in [1.54, 1.807) is 0 Å². The molecule has 0 aromatic carbocycles. The van der Waals surface area contributed by atoms with E-state index in [1.807, 2.05) is 6.92 Å². The van der Waals surface area contributed by atoms with Crippen LogP contribution in [0.25, 0.3) is 0 Å². The average molecular weight is 290 g/mol. The molecule has 100 valence electrons. The predicted octanol–water partition coefficient (Wildman–Crippen LogP) is 1.93. The Morgan fingerprint density at radius 2 is 2.22 bits per heavy atom. The number of hydrogen-bond donors (Lipinski definition) is 2. The molecule has 0 aliphatic heterocycles. The lowest BCUT2D eigenvalue weighted by Crippen LogP contribution is -2.52. The van der Waals surface area contributed by atoms with Crippen molar-refractivity contribution in [1.82, 2.24) is 9.71 Å². The summed E-state index contributed by atoms with van der Waals surface area (Å²) in [5.74, 6) is 0.129. The molecule has 0 saturated heterocycles. The molecule has 1 aromatic heterocycles. The van der Waals surface area contributed by atoms with Crippen molar-refractivity contribution in [2.75, 3.05) is 5.73 Å². The van der Waals surface area contributed by atoms with Gasteiger partial charge in [-0.1, -0.05) is 18.5 Å². The number of rotatable bonds is 4. The number of nitrogens with two attached hydrogens (primary N) is 1. The molecule has 1 aliphatic rings. The lowest BCUT2D eigenvalue weighted by molar-refractivity contribution is 0.214. The Morgan fingerprint density at radius 1 is 1.56 bits per heavy atom. The molecule has 1 aromatic rings. The van der Waals surface area contributed by atoms with Crippen LogP contribution in [0.1, 0.15) is 32.6 Å². The largest absolute Gasteiger partial charge is 0.382 e. The van der Waals surface area contributed by atoms with Gasteiger partial charge in [-0.05, 0) is 31.7 Å². The van der Waals surface area contributed by atoms with Crippen molar-refractivity contribution in [3.8, 4) is 0 Å². The van der Waals surface area contributed by atoms with E-state index in [1.165, 1.54) is 12.3 Å². The van der Waals surface area contributed by atoms with Crippen molar-refractivity contribution in [3.63, 3.8) is 0 Å². The van der Waals surface area contributed by atoms with Crippen molar-refractivity contribution in [3.05, 3.63) is 17.3 Å². The van der Waals surface area contributed by atoms with Crippen molar-refractivity contribution in [2.45, 2.75) is 43.0 Å². The maximum atomic E-state index is 12.2. The number of halogens is 1. The zero-order valence-electron chi connectivity index (χ0n) is 10.1. The molecule has 1 aliphatic carbocycles. The molecule has 0 atom stereocenters. The third kappa shape index (κ3) is 2.46. The van der Waals surface area contributed by atoms with Gasteiger partial charge in [-0.2, -0.15) is 0 Å². The van der Waals surface area contributed by atoms with Gasteiger partial charge in [0.1, 0.15) is 10.7 Å². The molecule has 1 heterocycles. The molecular formula is C11H16ClN3O2S. The minimum absolute atomic E-state index is 0.0569. The van der Waals surface area contributed by atoms with Crippen LogP contribution in [0.5, 0.6) is 0 Å². The molecule has 3 N–H and O–H groups in total. The Labute approximate surface area is 112 Å². The summed E-state index contributed by atoms with van der Waals surface area (Å²) >= 11 is 5.79. The van der Waals surface area contributed by atoms with Crippen LogP contribution in [0.2, 0.25) is 5.02 Å². The third-order valence-corrected chi connectivity index (χ3v) is 5.34. The van der Waals surface area contributed by atoms with Gasteiger partial charge >= 0.3 is 0 Å². The monoisotopic (exact) mass is 289 g/mol. The fraction of sp³-hybridized carbons (Fsp3) is 0.545. The van der Waals surface area contributed by atoms with Gasteiger partial charge in [-0.3, -0.25) is 0 Å². The number of nitrogens with one attached hydrogen (secondary N) is 1. The van der Waals surface area contributed by atoms with E-state index in [-0.39, 0.29) is 21.3 Å². The quantitative estimate of drug-likeness (QED) is 0.887. The fourth-order valence-electron chi connectivity index (χ4n) is 2.05. The maximum absolute atomic E-state index is 12.2. The zero-order valence-corrected chi connectivity index (χ0v) is 11.7. The van der Waals surface area contributed by atoms with Crippen molar-refractivity contribution >= 4 is 27.4 Å². The van der Waals surface area contributed by atoms with Crippen LogP contribution >= 0.6 is 11.6 Å². The summed E-state index contributed by atoms with van der Waals surface area (Å²) in [6, 6.07) is 1.33. The first kappa shape index (κ1) is 13.6. The second-order valence-electron chi connectivity index (χ2n) is 4.63. The van der Waals surface area contributed by atoms with Gasteiger partial charge in [0.05, 0.1) is 5.02 Å². The van der Waals surface area contributed by atoms with Crippen LogP contribution in [-0.2, 0) is 10.0 Å². The summed E-state index contributed by atoms with van der Waals surface area (Å²) in [5.41, 5.74) is 5.17. The Hall–Kier alpha value is -0.850. The molecule has 7 heteroatoms. The Kier molecular flexibility index (Phi) is 3.53. The zero-order chi connectivity index (χ0) is 13.4. The van der Waals surface area contributed by atoms with E-state index in [0.29, 0.717) is 0 Å². The fourth-order valence-corrected chi connectivity index (χ4v) is 3.79. The summed E-state index contributed by atoms with van der Waals surface area (Å²) < 4.78 is 27.2. The molecule has 0 unspecified atom stereocenters. The van der Waals surface area contributed by atoms with Crippen molar-refractivity contribution in [1.29, 1.82) is 0 Å². The summed E-state index contributed by atoms with van der Waals surface area (Å²) in [6.45, 7) is 1.98. The molecule has 18 heavy (non-hydrogen) atoms. The SMILES string of the molecule is CCC1(NS(=O)(=O)c2cnc(N)c(Cl)c2)CCC1. The van der Waals surface area contributed by atoms with E-state index >= 15 is 0 Å². The highest BCUT2D eigenvalue weighted by Gasteiger charge is 2.39. The molecule has 0 amide bonds. The molecule has 5 nitrogen and oxygen atoms in total. The van der Waals surface area contributed by atoms with Gasteiger partial charge < -0.3 is 5.73 Å². The number of anilines is 1. The number of nitrogens with zero attached hydrogens (tertiary/aromatic N) is 1. The van der Waals surface area contributed by atoms with Crippen molar-refractivity contribution in [2.24, 2.45) is 0 Å². The van der Waals surface area contributed by atoms with Crippen LogP contribution < -0.4 is 10.5 Å². The van der Waals surface area contributed by atoms with Crippen LogP contribution in [0.4, 0.5) is 5.82 Å². The van der Waals surface area contributed by atoms with E-state index < -0.39 is 10.0 Å². The van der Waals surface area contributed by atoms with E-state index in [9.17, 15) is 8.42 Å². The third-order valence-electron chi connectivity index (χ3n) is 3.49. The summed E-state index contributed by atoms with van der Waals surface area (Å²) in [4.78, 5) is 3.83. The Balaban J connectivity index is 2.28. The highest BCUT2D eigenvalue weighted by Crippen LogP contribution is 2.36. The van der Waals surface area contributed by atoms with Crippen LogP contribution in [0.3, 0.4) is 0 Å². The smallest absolute Gasteiger partial charge is 0.242 e. The van der Waals surface area contributed by atoms with Crippen molar-refractivity contribution < 1.29 is 8.42 Å². The number of sulfonamides is 1. The minimum atomic E-state index is -3.58. The summed E-state index contributed by atoms with van der Waals surface area (Å²) in [6.07, 6.45) is 4.81. The van der Waals surface area contributed by atoms with Gasteiger partial charge in [0.2, 0.25) is 10.0 Å². The normalized spacial score (nSPS) is 18.3. The van der Waals surface area contributed by atoms with Gasteiger partial charge in [0, 0.05) is 11.7 Å². The lowest BCUT2D eigenvalue weighted by Gasteiger charge is -2.41. The van der Waals surface area contributed by atoms with Crippen LogP contribution in [-0.4, -0.2) is 18.9 Å². The first-order chi connectivity index (χ1) is 8.38. The maximum Gasteiger partial charge on any atom is 0.242 e.